The lowest BCUT2D eigenvalue weighted by Gasteiger charge is -2.18. The van der Waals surface area contributed by atoms with Gasteiger partial charge in [-0.1, -0.05) is 20.3 Å². The van der Waals surface area contributed by atoms with E-state index in [1.807, 2.05) is 0 Å². The van der Waals surface area contributed by atoms with Gasteiger partial charge in [-0.25, -0.2) is 4.98 Å². The Balaban J connectivity index is 2.47. The fourth-order valence-corrected chi connectivity index (χ4v) is 2.25. The summed E-state index contributed by atoms with van der Waals surface area (Å²) in [5.74, 6) is 0.959. The molecule has 2 aromatic rings. The lowest BCUT2D eigenvalue weighted by Crippen LogP contribution is -2.19. The molecule has 0 radical (unpaired) electrons. The van der Waals surface area contributed by atoms with Gasteiger partial charge in [0.05, 0.1) is 17.1 Å². The second kappa shape index (κ2) is 6.20. The van der Waals surface area contributed by atoms with E-state index in [4.69, 9.17) is 11.0 Å². The lowest BCUT2D eigenvalue weighted by molar-refractivity contribution is 0.621. The van der Waals surface area contributed by atoms with Crippen LogP contribution in [-0.4, -0.2) is 16.0 Å². The lowest BCUT2D eigenvalue weighted by atomic mass is 10.1. The molecule has 5 nitrogen and oxygen atoms in total. The van der Waals surface area contributed by atoms with Crippen molar-refractivity contribution in [3.05, 3.63) is 23.8 Å². The fraction of sp³-hybridized carbons (Fsp3) is 0.400. The average Bonchev–Trinajstić information content (AvgIpc) is 2.46. The van der Waals surface area contributed by atoms with Crippen LogP contribution >= 0.6 is 0 Å². The topological polar surface area (TPSA) is 87.6 Å². The third kappa shape index (κ3) is 2.97. The van der Waals surface area contributed by atoms with E-state index < -0.39 is 0 Å². The van der Waals surface area contributed by atoms with E-state index in [0.717, 1.165) is 30.2 Å². The Morgan fingerprint density at radius 3 is 2.80 bits per heavy atom. The van der Waals surface area contributed by atoms with Gasteiger partial charge >= 0.3 is 0 Å². The Hall–Kier alpha value is -2.35. The molecule has 3 N–H and O–H groups in total. The third-order valence-electron chi connectivity index (χ3n) is 3.31. The molecule has 1 unspecified atom stereocenters. The summed E-state index contributed by atoms with van der Waals surface area (Å²) in [5.41, 5.74) is 7.11. The number of benzene rings is 1. The Morgan fingerprint density at radius 1 is 1.35 bits per heavy atom. The fourth-order valence-electron chi connectivity index (χ4n) is 2.25. The van der Waals surface area contributed by atoms with Crippen LogP contribution in [-0.2, 0) is 0 Å². The molecule has 0 aliphatic rings. The van der Waals surface area contributed by atoms with Gasteiger partial charge < -0.3 is 11.1 Å². The van der Waals surface area contributed by atoms with Gasteiger partial charge in [0.1, 0.15) is 5.82 Å². The number of nitrogens with two attached hydrogens (primary N) is 1. The average molecular weight is 269 g/mol. The molecule has 0 bridgehead atoms. The quantitative estimate of drug-likeness (QED) is 0.870. The van der Waals surface area contributed by atoms with Crippen LogP contribution in [0.2, 0.25) is 0 Å². The molecule has 0 amide bonds. The van der Waals surface area contributed by atoms with Crippen molar-refractivity contribution < 1.29 is 0 Å². The Morgan fingerprint density at radius 2 is 2.15 bits per heavy atom. The van der Waals surface area contributed by atoms with Crippen molar-refractivity contribution in [1.82, 2.24) is 9.97 Å². The maximum atomic E-state index is 9.02. The molecule has 0 saturated heterocycles. The standard InChI is InChI=1S/C15H19N5/c1-3-5-11(4-2)18-14-12-8-10(9-16)6-7-13(12)19-15(17)20-14/h6-8,11H,3-5H2,1-2H3,(H3,17,18,19,20). The van der Waals surface area contributed by atoms with E-state index in [-0.39, 0.29) is 5.95 Å². The minimum Gasteiger partial charge on any atom is -0.368 e. The Labute approximate surface area is 118 Å². The summed E-state index contributed by atoms with van der Waals surface area (Å²) in [4.78, 5) is 8.50. The molecule has 1 atom stereocenters. The summed E-state index contributed by atoms with van der Waals surface area (Å²) in [5, 5.41) is 13.3. The highest BCUT2D eigenvalue weighted by molar-refractivity contribution is 5.91. The zero-order chi connectivity index (χ0) is 14.5. The van der Waals surface area contributed by atoms with Crippen LogP contribution in [0.25, 0.3) is 10.9 Å². The number of nitrogens with one attached hydrogen (secondary N) is 1. The number of aromatic nitrogens is 2. The van der Waals surface area contributed by atoms with Crippen molar-refractivity contribution in [2.24, 2.45) is 0 Å². The van der Waals surface area contributed by atoms with Gasteiger partial charge in [-0.05, 0) is 31.0 Å². The summed E-state index contributed by atoms with van der Waals surface area (Å²) in [6, 6.07) is 7.83. The predicted molar refractivity (Wildman–Crippen MR) is 81.3 cm³/mol. The van der Waals surface area contributed by atoms with Gasteiger partial charge in [-0.3, -0.25) is 0 Å². The highest BCUT2D eigenvalue weighted by Gasteiger charge is 2.11. The molecule has 0 fully saturated rings. The van der Waals surface area contributed by atoms with E-state index in [0.29, 0.717) is 17.4 Å². The summed E-state index contributed by atoms with van der Waals surface area (Å²) in [7, 11) is 0. The number of hydrogen-bond acceptors (Lipinski definition) is 5. The van der Waals surface area contributed by atoms with E-state index in [1.54, 1.807) is 18.2 Å². The number of anilines is 2. The van der Waals surface area contributed by atoms with E-state index in [2.05, 4.69) is 35.2 Å². The van der Waals surface area contributed by atoms with E-state index in [1.165, 1.54) is 0 Å². The van der Waals surface area contributed by atoms with Crippen molar-refractivity contribution in [3.63, 3.8) is 0 Å². The molecule has 20 heavy (non-hydrogen) atoms. The van der Waals surface area contributed by atoms with Crippen molar-refractivity contribution in [1.29, 1.82) is 5.26 Å². The number of hydrogen-bond donors (Lipinski definition) is 2. The molecule has 104 valence electrons. The van der Waals surface area contributed by atoms with Gasteiger partial charge in [0.15, 0.2) is 0 Å². The first-order valence-corrected chi connectivity index (χ1v) is 6.91. The first kappa shape index (κ1) is 14.1. The van der Waals surface area contributed by atoms with Crippen LogP contribution < -0.4 is 11.1 Å². The minimum atomic E-state index is 0.246. The molecule has 0 saturated carbocycles. The van der Waals surface area contributed by atoms with Crippen LogP contribution in [0.15, 0.2) is 18.2 Å². The zero-order valence-corrected chi connectivity index (χ0v) is 11.8. The first-order chi connectivity index (χ1) is 9.67. The Kier molecular flexibility index (Phi) is 4.36. The second-order valence-electron chi connectivity index (χ2n) is 4.81. The Bertz CT molecular complexity index is 644. The highest BCUT2D eigenvalue weighted by Crippen LogP contribution is 2.24. The molecule has 0 aliphatic heterocycles. The van der Waals surface area contributed by atoms with Gasteiger partial charge in [-0.2, -0.15) is 10.2 Å². The monoisotopic (exact) mass is 269 g/mol. The smallest absolute Gasteiger partial charge is 0.222 e. The molecule has 1 heterocycles. The number of nitrogen functional groups attached to an aromatic ring is 1. The summed E-state index contributed by atoms with van der Waals surface area (Å²) < 4.78 is 0. The molecule has 5 heteroatoms. The van der Waals surface area contributed by atoms with Crippen LogP contribution in [0.3, 0.4) is 0 Å². The van der Waals surface area contributed by atoms with Crippen LogP contribution in [0.4, 0.5) is 11.8 Å². The number of nitrogens with zero attached hydrogens (tertiary/aromatic N) is 3. The van der Waals surface area contributed by atoms with Crippen LogP contribution in [0, 0.1) is 11.3 Å². The molecule has 2 rings (SSSR count). The summed E-state index contributed by atoms with van der Waals surface area (Å²) in [6.07, 6.45) is 3.18. The molecule has 1 aromatic carbocycles. The zero-order valence-electron chi connectivity index (χ0n) is 11.8. The maximum Gasteiger partial charge on any atom is 0.222 e. The SMILES string of the molecule is CCCC(CC)Nc1nc(N)nc2ccc(C#N)cc12. The number of nitriles is 1. The highest BCUT2D eigenvalue weighted by atomic mass is 15.1. The first-order valence-electron chi connectivity index (χ1n) is 6.91. The van der Waals surface area contributed by atoms with Gasteiger partial charge in [0.2, 0.25) is 5.95 Å². The minimum absolute atomic E-state index is 0.246. The number of rotatable bonds is 5. The van der Waals surface area contributed by atoms with Crippen LogP contribution in [0.1, 0.15) is 38.7 Å². The van der Waals surface area contributed by atoms with Crippen LogP contribution in [0.5, 0.6) is 0 Å². The van der Waals surface area contributed by atoms with Gasteiger partial charge in [0, 0.05) is 11.4 Å². The molecular formula is C15H19N5. The normalized spacial score (nSPS) is 12.1. The summed E-state index contributed by atoms with van der Waals surface area (Å²) >= 11 is 0. The van der Waals surface area contributed by atoms with Gasteiger partial charge in [-0.15, -0.1) is 0 Å². The van der Waals surface area contributed by atoms with Crippen molar-refractivity contribution in [3.8, 4) is 6.07 Å². The van der Waals surface area contributed by atoms with Crippen molar-refractivity contribution >= 4 is 22.7 Å². The van der Waals surface area contributed by atoms with Crippen molar-refractivity contribution in [2.75, 3.05) is 11.1 Å². The third-order valence-corrected chi connectivity index (χ3v) is 3.31. The van der Waals surface area contributed by atoms with Crippen molar-refractivity contribution in [2.45, 2.75) is 39.2 Å². The predicted octanol–water partition coefficient (Wildman–Crippen LogP) is 3.07. The molecule has 1 aromatic heterocycles. The second-order valence-corrected chi connectivity index (χ2v) is 4.81. The molecule has 0 aliphatic carbocycles. The molecular weight excluding hydrogens is 250 g/mol. The molecule has 0 spiro atoms. The van der Waals surface area contributed by atoms with Gasteiger partial charge in [0.25, 0.3) is 0 Å². The van der Waals surface area contributed by atoms with E-state index in [9.17, 15) is 0 Å². The summed E-state index contributed by atoms with van der Waals surface area (Å²) in [6.45, 7) is 4.30. The maximum absolute atomic E-state index is 9.02. The van der Waals surface area contributed by atoms with E-state index >= 15 is 0 Å². The largest absolute Gasteiger partial charge is 0.368 e. The number of fused-ring (bicyclic) bond motifs is 1.